The van der Waals surface area contributed by atoms with Gasteiger partial charge in [0.2, 0.25) is 0 Å². The summed E-state index contributed by atoms with van der Waals surface area (Å²) in [5.74, 6) is 0. The number of hydrogen-bond acceptors (Lipinski definition) is 0. The number of hydrogen-bond donors (Lipinski definition) is 0. The second-order valence-electron chi connectivity index (χ2n) is 0.428. The van der Waals surface area contributed by atoms with Crippen molar-refractivity contribution in [1.82, 2.24) is 0 Å². The maximum atomic E-state index is 4.78. The van der Waals surface area contributed by atoms with Crippen molar-refractivity contribution < 1.29 is 37.1 Å². The van der Waals surface area contributed by atoms with Gasteiger partial charge in [0.25, 0.3) is 0 Å². The van der Waals surface area contributed by atoms with E-state index in [1.165, 1.54) is 12.2 Å². The van der Waals surface area contributed by atoms with E-state index in [0.717, 1.165) is 0 Å². The van der Waals surface area contributed by atoms with Gasteiger partial charge in [0, 0.05) is 37.1 Å². The molecule has 0 spiro atoms. The smallest absolute Gasteiger partial charge is 0 e. The Morgan fingerprint density at radius 3 is 1.50 bits per heavy atom. The van der Waals surface area contributed by atoms with Gasteiger partial charge in [-0.05, 0) is 0 Å². The van der Waals surface area contributed by atoms with Crippen LogP contribution in [0.1, 0.15) is 0 Å². The zero-order chi connectivity index (χ0) is 3.41. The number of rotatable bonds is 1. The van der Waals surface area contributed by atoms with Crippen LogP contribution in [-0.2, 0) is 37.1 Å². The quantitative estimate of drug-likeness (QED) is 0.393. The summed E-state index contributed by atoms with van der Waals surface area (Å²) in [5, 5.41) is 0. The molecule has 0 unspecified atom stereocenters. The Kier molecular flexibility index (Phi) is 46.2. The third-order valence-corrected chi connectivity index (χ3v) is 0.136. The Hall–Kier alpha value is 0.649. The first-order chi connectivity index (χ1) is 1.91. The standard InChI is InChI=1S/C4H5.2V/c1-3-4-2;;/h1,3-4H,2H2;;/q-1;;. The fourth-order valence-electron chi connectivity index (χ4n) is 0. The van der Waals surface area contributed by atoms with Gasteiger partial charge in [0.1, 0.15) is 0 Å². The zero-order valence-corrected chi connectivity index (χ0v) is 6.13. The molecule has 0 amide bonds. The molecule has 0 saturated carbocycles. The van der Waals surface area contributed by atoms with Crippen molar-refractivity contribution in [3.63, 3.8) is 0 Å². The average Bonchev–Trinajstić information content (AvgIpc) is 1.37. The van der Waals surface area contributed by atoms with E-state index in [1.807, 2.05) is 0 Å². The normalized spacial score (nSPS) is 3.33. The predicted octanol–water partition coefficient (Wildman–Crippen LogP) is 1.16. The molecule has 0 saturated heterocycles. The maximum Gasteiger partial charge on any atom is 0 e. The molecule has 0 aliphatic carbocycles. The summed E-state index contributed by atoms with van der Waals surface area (Å²) in [7, 11) is 0. The van der Waals surface area contributed by atoms with Crippen LogP contribution < -0.4 is 0 Å². The predicted molar refractivity (Wildman–Crippen MR) is 19.1 cm³/mol. The third-order valence-electron chi connectivity index (χ3n) is 0.136. The number of allylic oxidation sites excluding steroid dienone is 2. The Bertz CT molecular complexity index is 26.5. The van der Waals surface area contributed by atoms with Crippen LogP contribution in [0.15, 0.2) is 18.7 Å². The van der Waals surface area contributed by atoms with Crippen molar-refractivity contribution in [3.05, 3.63) is 25.3 Å². The average molecular weight is 155 g/mol. The molecule has 0 heterocycles. The van der Waals surface area contributed by atoms with Crippen LogP contribution in [0.2, 0.25) is 0 Å². The van der Waals surface area contributed by atoms with Crippen LogP contribution in [0.4, 0.5) is 0 Å². The van der Waals surface area contributed by atoms with Crippen molar-refractivity contribution in [3.8, 4) is 0 Å². The Labute approximate surface area is 62.5 Å². The topological polar surface area (TPSA) is 0 Å². The summed E-state index contributed by atoms with van der Waals surface area (Å²) in [6.07, 6.45) is 2.92. The van der Waals surface area contributed by atoms with Crippen LogP contribution in [0.5, 0.6) is 0 Å². The van der Waals surface area contributed by atoms with E-state index in [0.29, 0.717) is 0 Å². The van der Waals surface area contributed by atoms with Crippen molar-refractivity contribution >= 4 is 0 Å². The van der Waals surface area contributed by atoms with Crippen molar-refractivity contribution in [2.45, 2.75) is 0 Å². The van der Waals surface area contributed by atoms with Gasteiger partial charge in [-0.15, -0.1) is 0 Å². The zero-order valence-electron chi connectivity index (χ0n) is 3.33. The summed E-state index contributed by atoms with van der Waals surface area (Å²) in [6, 6.07) is 0. The van der Waals surface area contributed by atoms with Crippen LogP contribution in [0.25, 0.3) is 0 Å². The molecule has 0 N–H and O–H groups in total. The molecule has 32 valence electrons. The van der Waals surface area contributed by atoms with E-state index in [2.05, 4.69) is 6.58 Å². The van der Waals surface area contributed by atoms with E-state index < -0.39 is 0 Å². The van der Waals surface area contributed by atoms with Gasteiger partial charge in [-0.2, -0.15) is 6.58 Å². The second-order valence-corrected chi connectivity index (χ2v) is 0.428. The molecular weight excluding hydrogens is 150 g/mol. The molecule has 0 bridgehead atoms. The molecule has 0 nitrogen and oxygen atoms in total. The molecule has 0 aromatic carbocycles. The van der Waals surface area contributed by atoms with E-state index in [-0.39, 0.29) is 37.1 Å². The van der Waals surface area contributed by atoms with Crippen LogP contribution in [0, 0.1) is 6.58 Å². The van der Waals surface area contributed by atoms with Crippen molar-refractivity contribution in [2.75, 3.05) is 0 Å². The molecule has 2 radical (unpaired) electrons. The summed E-state index contributed by atoms with van der Waals surface area (Å²) < 4.78 is 0. The molecule has 6 heavy (non-hydrogen) atoms. The van der Waals surface area contributed by atoms with Crippen LogP contribution in [-0.4, -0.2) is 0 Å². The molecule has 0 rings (SSSR count). The van der Waals surface area contributed by atoms with Gasteiger partial charge in [0.15, 0.2) is 0 Å². The summed E-state index contributed by atoms with van der Waals surface area (Å²) in [4.78, 5) is 0. The minimum Gasteiger partial charge on any atom is -0.293 e. The summed E-state index contributed by atoms with van der Waals surface area (Å²) in [6.45, 7) is 8.08. The molecule has 0 aliphatic rings. The van der Waals surface area contributed by atoms with Crippen LogP contribution in [0.3, 0.4) is 0 Å². The van der Waals surface area contributed by atoms with Gasteiger partial charge in [0.05, 0.1) is 0 Å². The van der Waals surface area contributed by atoms with Crippen LogP contribution >= 0.6 is 0 Å². The first kappa shape index (κ1) is 15.9. The molecule has 0 fully saturated rings. The molecule has 0 aromatic heterocycles. The van der Waals surface area contributed by atoms with E-state index >= 15 is 0 Å². The van der Waals surface area contributed by atoms with E-state index in [4.69, 9.17) is 6.58 Å². The first-order valence-corrected chi connectivity index (χ1v) is 1.07. The van der Waals surface area contributed by atoms with Gasteiger partial charge in [-0.3, -0.25) is 6.58 Å². The van der Waals surface area contributed by atoms with Crippen molar-refractivity contribution in [1.29, 1.82) is 0 Å². The fraction of sp³-hybridized carbons (Fsp3) is 0. The summed E-state index contributed by atoms with van der Waals surface area (Å²) >= 11 is 0. The second kappa shape index (κ2) is 17.4. The molecule has 0 aliphatic heterocycles. The largest absolute Gasteiger partial charge is 0.293 e. The fourth-order valence-corrected chi connectivity index (χ4v) is 0. The Morgan fingerprint density at radius 2 is 1.50 bits per heavy atom. The van der Waals surface area contributed by atoms with Gasteiger partial charge in [-0.25, -0.2) is 12.2 Å². The molecular formula is C4H5V2-. The minimum atomic E-state index is 0. The molecule has 0 aromatic rings. The van der Waals surface area contributed by atoms with Gasteiger partial charge in [-0.1, -0.05) is 0 Å². The van der Waals surface area contributed by atoms with E-state index in [9.17, 15) is 0 Å². The van der Waals surface area contributed by atoms with Gasteiger partial charge < -0.3 is 0 Å². The Balaban J connectivity index is -0.0000000450. The first-order valence-electron chi connectivity index (χ1n) is 1.07. The third kappa shape index (κ3) is 22.8. The maximum absolute atomic E-state index is 4.78. The summed E-state index contributed by atoms with van der Waals surface area (Å²) in [5.41, 5.74) is 0. The van der Waals surface area contributed by atoms with Crippen molar-refractivity contribution in [2.24, 2.45) is 0 Å². The Morgan fingerprint density at radius 1 is 1.33 bits per heavy atom. The minimum absolute atomic E-state index is 0. The molecule has 0 atom stereocenters. The van der Waals surface area contributed by atoms with Gasteiger partial charge >= 0.3 is 0 Å². The SMILES string of the molecule is [CH-]=CC=C.[V].[V]. The monoisotopic (exact) mass is 155 g/mol. The van der Waals surface area contributed by atoms with E-state index in [1.54, 1.807) is 0 Å². The molecule has 2 heteroatoms.